The van der Waals surface area contributed by atoms with Crippen LogP contribution < -0.4 is 10.5 Å². The molecular formula is C7H10N4O2S. The van der Waals surface area contributed by atoms with E-state index >= 15 is 0 Å². The molecule has 14 heavy (non-hydrogen) atoms. The molecule has 0 fully saturated rings. The number of sulfonamides is 1. The van der Waals surface area contributed by atoms with Crippen molar-refractivity contribution in [3.63, 3.8) is 0 Å². The first-order valence-corrected chi connectivity index (χ1v) is 5.24. The second kappa shape index (κ2) is 4.13. The van der Waals surface area contributed by atoms with Crippen LogP contribution >= 0.6 is 0 Å². The van der Waals surface area contributed by atoms with Crippen molar-refractivity contribution in [3.05, 3.63) is 6.20 Å². The van der Waals surface area contributed by atoms with Crippen LogP contribution in [0.25, 0.3) is 0 Å². The topological polar surface area (TPSA) is 101 Å². The summed E-state index contributed by atoms with van der Waals surface area (Å²) >= 11 is 0. The molecule has 0 aromatic carbocycles. The molecule has 1 heterocycles. The minimum atomic E-state index is -3.59. The molecule has 1 aromatic heterocycles. The number of H-pyrrole nitrogens is 1. The summed E-state index contributed by atoms with van der Waals surface area (Å²) < 4.78 is 25.2. The molecule has 0 atom stereocenters. The van der Waals surface area contributed by atoms with E-state index in [1.54, 1.807) is 6.92 Å². The fraction of sp³-hybridized carbons (Fsp3) is 0.286. The summed E-state index contributed by atoms with van der Waals surface area (Å²) in [4.78, 5) is -0.0598. The molecule has 76 valence electrons. The Kier molecular flexibility index (Phi) is 3.11. The van der Waals surface area contributed by atoms with Gasteiger partial charge in [-0.3, -0.25) is 5.10 Å². The van der Waals surface area contributed by atoms with Gasteiger partial charge in [0.2, 0.25) is 10.0 Å². The maximum absolute atomic E-state index is 11.5. The van der Waals surface area contributed by atoms with Gasteiger partial charge >= 0.3 is 0 Å². The highest BCUT2D eigenvalue weighted by atomic mass is 32.2. The van der Waals surface area contributed by atoms with Gasteiger partial charge in [-0.2, -0.15) is 9.82 Å². The predicted octanol–water partition coefficient (Wildman–Crippen LogP) is -0.707. The van der Waals surface area contributed by atoms with E-state index in [1.807, 2.05) is 0 Å². The molecule has 0 spiro atoms. The van der Waals surface area contributed by atoms with E-state index in [2.05, 4.69) is 26.8 Å². The summed E-state index contributed by atoms with van der Waals surface area (Å²) in [5.41, 5.74) is 5.36. The van der Waals surface area contributed by atoms with Crippen LogP contribution in [0.2, 0.25) is 0 Å². The fourth-order valence-electron chi connectivity index (χ4n) is 0.796. The quantitative estimate of drug-likeness (QED) is 0.579. The Labute approximate surface area is 81.9 Å². The summed E-state index contributed by atoms with van der Waals surface area (Å²) in [6, 6.07) is 0. The summed E-state index contributed by atoms with van der Waals surface area (Å²) in [6.45, 7) is 1.68. The Balaban J connectivity index is 2.85. The number of hydrogen-bond donors (Lipinski definition) is 3. The molecule has 0 aliphatic rings. The lowest BCUT2D eigenvalue weighted by atomic mass is 10.6. The van der Waals surface area contributed by atoms with E-state index < -0.39 is 10.0 Å². The zero-order chi connectivity index (χ0) is 10.6. The van der Waals surface area contributed by atoms with Gasteiger partial charge in [0.25, 0.3) is 0 Å². The third-order valence-electron chi connectivity index (χ3n) is 1.45. The number of rotatable bonds is 3. The average Bonchev–Trinajstić information content (AvgIpc) is 2.52. The van der Waals surface area contributed by atoms with Crippen LogP contribution in [0.1, 0.15) is 6.92 Å². The Morgan fingerprint density at radius 2 is 2.43 bits per heavy atom. The number of aromatic nitrogens is 2. The Bertz CT molecular complexity index is 465. The molecule has 0 unspecified atom stereocenters. The highest BCUT2D eigenvalue weighted by Gasteiger charge is 2.17. The lowest BCUT2D eigenvalue weighted by molar-refractivity contribution is 0.586. The fourth-order valence-corrected chi connectivity index (χ4v) is 1.74. The normalized spacial score (nSPS) is 10.6. The first kappa shape index (κ1) is 10.6. The molecule has 0 saturated carbocycles. The van der Waals surface area contributed by atoms with Gasteiger partial charge in [0.15, 0.2) is 0 Å². The van der Waals surface area contributed by atoms with E-state index in [4.69, 9.17) is 5.73 Å². The molecular weight excluding hydrogens is 204 g/mol. The average molecular weight is 214 g/mol. The zero-order valence-corrected chi connectivity index (χ0v) is 8.35. The van der Waals surface area contributed by atoms with Crippen LogP contribution in [-0.4, -0.2) is 25.2 Å². The standard InChI is InChI=1S/C7H10N4O2S/c1-2-3-4-10-14(12,13)6-5-9-11-7(6)8/h5,10H,4H2,1H3,(H3,8,9,11). The second-order valence-corrected chi connectivity index (χ2v) is 4.13. The first-order valence-electron chi connectivity index (χ1n) is 3.76. The monoisotopic (exact) mass is 214 g/mol. The van der Waals surface area contributed by atoms with Gasteiger partial charge < -0.3 is 5.73 Å². The van der Waals surface area contributed by atoms with E-state index in [0.717, 1.165) is 6.20 Å². The van der Waals surface area contributed by atoms with Gasteiger partial charge in [0, 0.05) is 0 Å². The van der Waals surface area contributed by atoms with Gasteiger partial charge in [-0.1, -0.05) is 5.92 Å². The minimum absolute atomic E-state index is 0.0157. The number of nitrogens with one attached hydrogen (secondary N) is 2. The zero-order valence-electron chi connectivity index (χ0n) is 7.53. The molecule has 0 amide bonds. The largest absolute Gasteiger partial charge is 0.383 e. The van der Waals surface area contributed by atoms with Crippen molar-refractivity contribution in [1.29, 1.82) is 0 Å². The summed E-state index contributed by atoms with van der Waals surface area (Å²) in [5, 5.41) is 5.85. The van der Waals surface area contributed by atoms with Gasteiger partial charge in [-0.15, -0.1) is 5.92 Å². The number of hydrogen-bond acceptors (Lipinski definition) is 4. The molecule has 0 radical (unpaired) electrons. The van der Waals surface area contributed by atoms with E-state index in [-0.39, 0.29) is 17.3 Å². The summed E-state index contributed by atoms with van der Waals surface area (Å²) in [7, 11) is -3.59. The van der Waals surface area contributed by atoms with Crippen molar-refractivity contribution in [2.45, 2.75) is 11.8 Å². The summed E-state index contributed by atoms with van der Waals surface area (Å²) in [6.07, 6.45) is 1.15. The van der Waals surface area contributed by atoms with Crippen LogP contribution in [0.4, 0.5) is 5.82 Å². The molecule has 6 nitrogen and oxygen atoms in total. The molecule has 4 N–H and O–H groups in total. The van der Waals surface area contributed by atoms with Crippen molar-refractivity contribution in [3.8, 4) is 11.8 Å². The lowest BCUT2D eigenvalue weighted by Gasteiger charge is -2.00. The third kappa shape index (κ3) is 2.25. The lowest BCUT2D eigenvalue weighted by Crippen LogP contribution is -2.24. The Hall–Kier alpha value is -1.52. The number of nitrogen functional groups attached to an aromatic ring is 1. The molecule has 0 saturated heterocycles. The SMILES string of the molecule is CC#CCNS(=O)(=O)c1cn[nH]c1N. The summed E-state index contributed by atoms with van der Waals surface area (Å²) in [5.74, 6) is 5.16. The number of nitrogens with zero attached hydrogens (tertiary/aromatic N) is 1. The van der Waals surface area contributed by atoms with E-state index in [1.165, 1.54) is 0 Å². The van der Waals surface area contributed by atoms with Gasteiger partial charge in [0.05, 0.1) is 12.7 Å². The maximum Gasteiger partial charge on any atom is 0.246 e. The van der Waals surface area contributed by atoms with Crippen LogP contribution in [0.15, 0.2) is 11.1 Å². The third-order valence-corrected chi connectivity index (χ3v) is 2.88. The van der Waals surface area contributed by atoms with Crippen LogP contribution in [0.5, 0.6) is 0 Å². The van der Waals surface area contributed by atoms with Crippen LogP contribution in [-0.2, 0) is 10.0 Å². The molecule has 0 bridgehead atoms. The van der Waals surface area contributed by atoms with Gasteiger partial charge in [0.1, 0.15) is 10.7 Å². The van der Waals surface area contributed by atoms with E-state index in [0.29, 0.717) is 0 Å². The van der Waals surface area contributed by atoms with Crippen molar-refractivity contribution >= 4 is 15.8 Å². The molecule has 0 aliphatic heterocycles. The Morgan fingerprint density at radius 3 is 2.93 bits per heavy atom. The van der Waals surface area contributed by atoms with Crippen LogP contribution in [0, 0.1) is 11.8 Å². The van der Waals surface area contributed by atoms with Crippen LogP contribution in [0.3, 0.4) is 0 Å². The minimum Gasteiger partial charge on any atom is -0.383 e. The van der Waals surface area contributed by atoms with Gasteiger partial charge in [-0.25, -0.2) is 8.42 Å². The highest BCUT2D eigenvalue weighted by Crippen LogP contribution is 2.12. The Morgan fingerprint density at radius 1 is 1.71 bits per heavy atom. The van der Waals surface area contributed by atoms with Crippen molar-refractivity contribution in [2.24, 2.45) is 0 Å². The maximum atomic E-state index is 11.5. The predicted molar refractivity (Wildman–Crippen MR) is 51.6 cm³/mol. The molecule has 1 rings (SSSR count). The smallest absolute Gasteiger partial charge is 0.246 e. The van der Waals surface area contributed by atoms with Crippen molar-refractivity contribution < 1.29 is 8.42 Å². The van der Waals surface area contributed by atoms with E-state index in [9.17, 15) is 8.42 Å². The highest BCUT2D eigenvalue weighted by molar-refractivity contribution is 7.89. The van der Waals surface area contributed by atoms with Crippen molar-refractivity contribution in [2.75, 3.05) is 12.3 Å². The molecule has 1 aromatic rings. The number of nitrogens with two attached hydrogens (primary N) is 1. The molecule has 7 heteroatoms. The molecule has 0 aliphatic carbocycles. The number of anilines is 1. The van der Waals surface area contributed by atoms with Crippen molar-refractivity contribution in [1.82, 2.24) is 14.9 Å². The van der Waals surface area contributed by atoms with Gasteiger partial charge in [-0.05, 0) is 6.92 Å². The number of aromatic amines is 1. The second-order valence-electron chi connectivity index (χ2n) is 2.40. The first-order chi connectivity index (χ1) is 6.58.